The molecule has 0 aliphatic rings. The Morgan fingerprint density at radius 3 is 2.53 bits per heavy atom. The van der Waals surface area contributed by atoms with Crippen LogP contribution >= 0.6 is 0 Å². The van der Waals surface area contributed by atoms with Crippen molar-refractivity contribution in [1.29, 1.82) is 0 Å². The van der Waals surface area contributed by atoms with Gasteiger partial charge in [0, 0.05) is 20.6 Å². The number of nitrogens with one attached hydrogen (secondary N) is 1. The van der Waals surface area contributed by atoms with Crippen LogP contribution in [-0.2, 0) is 6.54 Å². The Bertz CT molecular complexity index is 456. The lowest BCUT2D eigenvalue weighted by atomic mass is 9.96. The molecule has 0 spiro atoms. The molecule has 2 amide bonds. The smallest absolute Gasteiger partial charge is 0.317 e. The van der Waals surface area contributed by atoms with Crippen molar-refractivity contribution in [3.63, 3.8) is 0 Å². The maximum atomic E-state index is 11.6. The fraction of sp³-hybridized carbons (Fsp3) is 0.533. The van der Waals surface area contributed by atoms with Crippen LogP contribution in [0.15, 0.2) is 12.1 Å². The van der Waals surface area contributed by atoms with Crippen molar-refractivity contribution in [2.24, 2.45) is 0 Å². The van der Waals surface area contributed by atoms with Crippen molar-refractivity contribution >= 4 is 6.03 Å². The van der Waals surface area contributed by atoms with Crippen molar-refractivity contribution in [2.45, 2.75) is 33.2 Å². The van der Waals surface area contributed by atoms with E-state index in [-0.39, 0.29) is 6.03 Å². The molecule has 0 aliphatic carbocycles. The lowest BCUT2D eigenvalue weighted by molar-refractivity contribution is 0.209. The Morgan fingerprint density at radius 1 is 1.42 bits per heavy atom. The zero-order valence-electron chi connectivity index (χ0n) is 12.7. The highest BCUT2D eigenvalue weighted by molar-refractivity contribution is 5.73. The fourth-order valence-electron chi connectivity index (χ4n) is 2.06. The Hall–Kier alpha value is -1.71. The monoisotopic (exact) mass is 264 g/mol. The minimum atomic E-state index is -0.0821. The summed E-state index contributed by atoms with van der Waals surface area (Å²) < 4.78 is 5.42. The second-order valence-electron chi connectivity index (χ2n) is 5.09. The molecule has 0 radical (unpaired) electrons. The number of aryl methyl sites for hydroxylation is 1. The van der Waals surface area contributed by atoms with E-state index in [0.717, 1.165) is 16.9 Å². The van der Waals surface area contributed by atoms with Crippen molar-refractivity contribution in [1.82, 2.24) is 10.2 Å². The molecule has 106 valence electrons. The third kappa shape index (κ3) is 3.63. The van der Waals surface area contributed by atoms with Gasteiger partial charge in [0.1, 0.15) is 5.75 Å². The minimum Gasteiger partial charge on any atom is -0.496 e. The summed E-state index contributed by atoms with van der Waals surface area (Å²) in [6.45, 7) is 6.91. The second kappa shape index (κ2) is 6.45. The van der Waals surface area contributed by atoms with Crippen molar-refractivity contribution in [3.8, 4) is 5.75 Å². The van der Waals surface area contributed by atoms with Gasteiger partial charge in [-0.2, -0.15) is 0 Å². The van der Waals surface area contributed by atoms with Crippen molar-refractivity contribution < 1.29 is 9.53 Å². The molecule has 1 N–H and O–H groups in total. The number of amides is 2. The summed E-state index contributed by atoms with van der Waals surface area (Å²) in [6, 6.07) is 4.10. The number of methoxy groups -OCH3 is 1. The number of carbonyl (C=O) groups excluding carboxylic acids is 1. The second-order valence-corrected chi connectivity index (χ2v) is 5.09. The first kappa shape index (κ1) is 15.3. The zero-order chi connectivity index (χ0) is 14.6. The van der Waals surface area contributed by atoms with E-state index in [2.05, 4.69) is 25.2 Å². The number of rotatable bonds is 4. The van der Waals surface area contributed by atoms with E-state index in [0.29, 0.717) is 12.5 Å². The Kier molecular flexibility index (Phi) is 5.21. The fourth-order valence-corrected chi connectivity index (χ4v) is 2.06. The standard InChI is InChI=1S/C15H24N2O2/c1-10(2)13-8-12(9-17(5)15(18)16-4)11(3)7-14(13)19-6/h7-8,10H,9H2,1-6H3,(H,16,18). The molecule has 1 rings (SSSR count). The maximum absolute atomic E-state index is 11.6. The molecule has 1 aromatic carbocycles. The topological polar surface area (TPSA) is 41.6 Å². The molecule has 0 heterocycles. The predicted molar refractivity (Wildman–Crippen MR) is 77.7 cm³/mol. The molecule has 1 aromatic rings. The number of hydrogen-bond donors (Lipinski definition) is 1. The van der Waals surface area contributed by atoms with E-state index in [4.69, 9.17) is 4.74 Å². The number of nitrogens with zero attached hydrogens (tertiary/aromatic N) is 1. The molecule has 4 nitrogen and oxygen atoms in total. The molecule has 0 aliphatic heterocycles. The van der Waals surface area contributed by atoms with Gasteiger partial charge >= 0.3 is 6.03 Å². The van der Waals surface area contributed by atoms with Crippen LogP contribution in [0.2, 0.25) is 0 Å². The van der Waals surface area contributed by atoms with E-state index in [1.165, 1.54) is 5.56 Å². The maximum Gasteiger partial charge on any atom is 0.317 e. The molecule has 19 heavy (non-hydrogen) atoms. The quantitative estimate of drug-likeness (QED) is 0.908. The zero-order valence-corrected chi connectivity index (χ0v) is 12.7. The molecular weight excluding hydrogens is 240 g/mol. The number of urea groups is 1. The van der Waals surface area contributed by atoms with Crippen LogP contribution in [0.5, 0.6) is 5.75 Å². The summed E-state index contributed by atoms with van der Waals surface area (Å²) in [4.78, 5) is 13.2. The van der Waals surface area contributed by atoms with Crippen LogP contribution in [0.1, 0.15) is 36.5 Å². The van der Waals surface area contributed by atoms with E-state index in [1.54, 1.807) is 26.1 Å². The van der Waals surface area contributed by atoms with Gasteiger partial charge in [0.05, 0.1) is 7.11 Å². The normalized spacial score (nSPS) is 10.5. The number of hydrogen-bond acceptors (Lipinski definition) is 2. The number of ether oxygens (including phenoxy) is 1. The third-order valence-electron chi connectivity index (χ3n) is 3.28. The highest BCUT2D eigenvalue weighted by atomic mass is 16.5. The largest absolute Gasteiger partial charge is 0.496 e. The first-order valence-corrected chi connectivity index (χ1v) is 6.51. The van der Waals surface area contributed by atoms with Crippen LogP contribution in [0, 0.1) is 6.92 Å². The van der Waals surface area contributed by atoms with Crippen LogP contribution in [-0.4, -0.2) is 32.1 Å². The molecular formula is C15H24N2O2. The summed E-state index contributed by atoms with van der Waals surface area (Å²) >= 11 is 0. The Balaban J connectivity index is 3.08. The molecule has 0 unspecified atom stereocenters. The Morgan fingerprint density at radius 2 is 2.05 bits per heavy atom. The lowest BCUT2D eigenvalue weighted by Crippen LogP contribution is -2.34. The van der Waals surface area contributed by atoms with E-state index in [9.17, 15) is 4.79 Å². The molecule has 0 saturated heterocycles. The van der Waals surface area contributed by atoms with Crippen LogP contribution in [0.4, 0.5) is 4.79 Å². The summed E-state index contributed by atoms with van der Waals surface area (Å²) in [7, 11) is 5.12. The molecule has 4 heteroatoms. The van der Waals surface area contributed by atoms with Gasteiger partial charge in [-0.25, -0.2) is 4.79 Å². The van der Waals surface area contributed by atoms with E-state index in [1.807, 2.05) is 13.0 Å². The van der Waals surface area contributed by atoms with E-state index < -0.39 is 0 Å². The van der Waals surface area contributed by atoms with Crippen molar-refractivity contribution in [2.75, 3.05) is 21.2 Å². The number of carbonyl (C=O) groups is 1. The SMILES string of the molecule is CNC(=O)N(C)Cc1cc(C(C)C)c(OC)cc1C. The van der Waals surface area contributed by atoms with Gasteiger partial charge in [-0.05, 0) is 41.7 Å². The summed E-state index contributed by atoms with van der Waals surface area (Å²) in [5, 5.41) is 2.63. The van der Waals surface area contributed by atoms with Crippen LogP contribution in [0.25, 0.3) is 0 Å². The van der Waals surface area contributed by atoms with E-state index >= 15 is 0 Å². The molecule has 0 atom stereocenters. The Labute approximate surface area is 115 Å². The first-order valence-electron chi connectivity index (χ1n) is 6.51. The third-order valence-corrected chi connectivity index (χ3v) is 3.28. The van der Waals surface area contributed by atoms with Crippen molar-refractivity contribution in [3.05, 3.63) is 28.8 Å². The van der Waals surface area contributed by atoms with Gasteiger partial charge in [0.15, 0.2) is 0 Å². The van der Waals surface area contributed by atoms with Crippen LogP contribution < -0.4 is 10.1 Å². The van der Waals surface area contributed by atoms with Gasteiger partial charge in [0.2, 0.25) is 0 Å². The summed E-state index contributed by atoms with van der Waals surface area (Å²) in [5.74, 6) is 1.30. The molecule has 0 bridgehead atoms. The first-order chi connectivity index (χ1) is 8.90. The van der Waals surface area contributed by atoms with Gasteiger partial charge in [-0.15, -0.1) is 0 Å². The predicted octanol–water partition coefficient (Wildman–Crippen LogP) is 2.90. The van der Waals surface area contributed by atoms with Gasteiger partial charge in [-0.1, -0.05) is 13.8 Å². The molecule has 0 aromatic heterocycles. The summed E-state index contributed by atoms with van der Waals surface area (Å²) in [6.07, 6.45) is 0. The summed E-state index contributed by atoms with van der Waals surface area (Å²) in [5.41, 5.74) is 3.46. The highest BCUT2D eigenvalue weighted by Crippen LogP contribution is 2.30. The average Bonchev–Trinajstić information content (AvgIpc) is 2.38. The molecule has 0 fully saturated rings. The highest BCUT2D eigenvalue weighted by Gasteiger charge is 2.14. The van der Waals surface area contributed by atoms with Crippen LogP contribution in [0.3, 0.4) is 0 Å². The minimum absolute atomic E-state index is 0.0821. The molecule has 0 saturated carbocycles. The van der Waals surface area contributed by atoms with Gasteiger partial charge in [-0.3, -0.25) is 0 Å². The van der Waals surface area contributed by atoms with Gasteiger partial charge in [0.25, 0.3) is 0 Å². The average molecular weight is 264 g/mol. The lowest BCUT2D eigenvalue weighted by Gasteiger charge is -2.20. The number of benzene rings is 1. The van der Waals surface area contributed by atoms with Gasteiger partial charge < -0.3 is 15.0 Å².